The molecule has 0 amide bonds. The van der Waals surface area contributed by atoms with Crippen LogP contribution in [0.5, 0.6) is 5.75 Å². The minimum absolute atomic E-state index is 0.201. The van der Waals surface area contributed by atoms with E-state index < -0.39 is 0 Å². The zero-order chi connectivity index (χ0) is 13.1. The third kappa shape index (κ3) is 2.34. The number of hydrogen-bond acceptors (Lipinski definition) is 3. The van der Waals surface area contributed by atoms with Crippen molar-refractivity contribution in [1.82, 2.24) is 9.36 Å². The molecule has 0 aliphatic carbocycles. The number of nitrogens with zero attached hydrogens (tertiary/aromatic N) is 2. The smallest absolute Gasteiger partial charge is 0.265 e. The van der Waals surface area contributed by atoms with E-state index in [-0.39, 0.29) is 11.1 Å². The predicted molar refractivity (Wildman–Crippen MR) is 68.0 cm³/mol. The number of hydrogen-bond donors (Lipinski definition) is 0. The van der Waals surface area contributed by atoms with Gasteiger partial charge in [-0.1, -0.05) is 12.1 Å². The highest BCUT2D eigenvalue weighted by Crippen LogP contribution is 2.11. The molecule has 0 aliphatic rings. The number of rotatable bonds is 3. The summed E-state index contributed by atoms with van der Waals surface area (Å²) in [5, 5.41) is 0. The Morgan fingerprint density at radius 3 is 2.22 bits per heavy atom. The first kappa shape index (κ1) is 12.2. The van der Waals surface area contributed by atoms with Gasteiger partial charge in [0.2, 0.25) is 0 Å². The minimum atomic E-state index is -0.205. The second-order valence-electron chi connectivity index (χ2n) is 3.94. The molecule has 1 aromatic carbocycles. The van der Waals surface area contributed by atoms with E-state index in [9.17, 15) is 9.59 Å². The van der Waals surface area contributed by atoms with Crippen molar-refractivity contribution in [1.29, 1.82) is 0 Å². The summed E-state index contributed by atoms with van der Waals surface area (Å²) in [5.74, 6) is 0.757. The Bertz CT molecular complexity index is 653. The van der Waals surface area contributed by atoms with Crippen LogP contribution in [0.25, 0.3) is 0 Å². The largest absolute Gasteiger partial charge is 0.497 e. The van der Waals surface area contributed by atoms with Gasteiger partial charge in [-0.05, 0) is 17.7 Å². The summed E-state index contributed by atoms with van der Waals surface area (Å²) >= 11 is 0. The van der Waals surface area contributed by atoms with Gasteiger partial charge in [-0.2, -0.15) is 0 Å². The van der Waals surface area contributed by atoms with Gasteiger partial charge < -0.3 is 4.74 Å². The fraction of sp³-hybridized carbons (Fsp3) is 0.231. The lowest BCUT2D eigenvalue weighted by Crippen LogP contribution is -2.35. The maximum atomic E-state index is 11.7. The van der Waals surface area contributed by atoms with Crippen molar-refractivity contribution in [2.24, 2.45) is 7.05 Å². The van der Waals surface area contributed by atoms with Crippen molar-refractivity contribution in [2.75, 3.05) is 7.11 Å². The maximum absolute atomic E-state index is 11.7. The van der Waals surface area contributed by atoms with E-state index in [0.29, 0.717) is 6.54 Å². The zero-order valence-corrected chi connectivity index (χ0v) is 10.3. The molecular formula is C13H14N2O3. The highest BCUT2D eigenvalue weighted by atomic mass is 16.5. The monoisotopic (exact) mass is 246 g/mol. The number of methoxy groups -OCH3 is 1. The lowest BCUT2D eigenvalue weighted by molar-refractivity contribution is 0.414. The maximum Gasteiger partial charge on any atom is 0.265 e. The van der Waals surface area contributed by atoms with Gasteiger partial charge in [-0.3, -0.25) is 14.3 Å². The van der Waals surface area contributed by atoms with E-state index in [1.165, 1.54) is 21.5 Å². The van der Waals surface area contributed by atoms with Crippen molar-refractivity contribution >= 4 is 0 Å². The highest BCUT2D eigenvalue weighted by Gasteiger charge is 2.02. The molecule has 1 aromatic heterocycles. The van der Waals surface area contributed by atoms with Crippen LogP contribution in [0, 0.1) is 0 Å². The standard InChI is InChI=1S/C13H14N2O3/c1-14-12(16)7-8-13(17)15(14)9-10-3-5-11(18-2)6-4-10/h3-8H,9H2,1-2H3. The lowest BCUT2D eigenvalue weighted by Gasteiger charge is -2.11. The Morgan fingerprint density at radius 2 is 1.61 bits per heavy atom. The summed E-state index contributed by atoms with van der Waals surface area (Å²) in [6.07, 6.45) is 0. The van der Waals surface area contributed by atoms with Crippen molar-refractivity contribution < 1.29 is 4.74 Å². The van der Waals surface area contributed by atoms with Crippen LogP contribution in [-0.2, 0) is 13.6 Å². The Kier molecular flexibility index (Phi) is 3.32. The third-order valence-electron chi connectivity index (χ3n) is 2.80. The molecule has 5 heteroatoms. The molecule has 0 spiro atoms. The van der Waals surface area contributed by atoms with E-state index in [0.717, 1.165) is 11.3 Å². The van der Waals surface area contributed by atoms with Crippen LogP contribution in [0.3, 0.4) is 0 Å². The summed E-state index contributed by atoms with van der Waals surface area (Å²) in [7, 11) is 3.17. The van der Waals surface area contributed by atoms with Gasteiger partial charge in [0.05, 0.1) is 13.7 Å². The average Bonchev–Trinajstić information content (AvgIpc) is 2.40. The van der Waals surface area contributed by atoms with E-state index in [2.05, 4.69) is 0 Å². The molecule has 2 rings (SSSR count). The van der Waals surface area contributed by atoms with Crippen molar-refractivity contribution in [3.05, 3.63) is 62.7 Å². The number of benzene rings is 1. The lowest BCUT2D eigenvalue weighted by atomic mass is 10.2. The van der Waals surface area contributed by atoms with Gasteiger partial charge in [-0.25, -0.2) is 4.68 Å². The number of aromatic nitrogens is 2. The first-order chi connectivity index (χ1) is 8.61. The quantitative estimate of drug-likeness (QED) is 0.797. The normalized spacial score (nSPS) is 10.3. The van der Waals surface area contributed by atoms with Gasteiger partial charge >= 0.3 is 0 Å². The minimum Gasteiger partial charge on any atom is -0.497 e. The molecule has 1 heterocycles. The molecule has 0 radical (unpaired) electrons. The molecule has 0 unspecified atom stereocenters. The molecule has 0 atom stereocenters. The molecule has 18 heavy (non-hydrogen) atoms. The SMILES string of the molecule is COc1ccc(Cn2c(=O)ccc(=O)n2C)cc1. The van der Waals surface area contributed by atoms with Crippen LogP contribution in [0.15, 0.2) is 46.0 Å². The fourth-order valence-corrected chi connectivity index (χ4v) is 1.69. The summed E-state index contributed by atoms with van der Waals surface area (Å²) in [6, 6.07) is 9.92. The van der Waals surface area contributed by atoms with E-state index >= 15 is 0 Å². The molecular weight excluding hydrogens is 232 g/mol. The highest BCUT2D eigenvalue weighted by molar-refractivity contribution is 5.27. The van der Waals surface area contributed by atoms with Gasteiger partial charge in [0.15, 0.2) is 0 Å². The van der Waals surface area contributed by atoms with Gasteiger partial charge in [-0.15, -0.1) is 0 Å². The Balaban J connectivity index is 2.36. The molecule has 0 N–H and O–H groups in total. The van der Waals surface area contributed by atoms with Gasteiger partial charge in [0.1, 0.15) is 5.75 Å². The van der Waals surface area contributed by atoms with Crippen LogP contribution in [0.2, 0.25) is 0 Å². The molecule has 0 bridgehead atoms. The predicted octanol–water partition coefficient (Wildman–Crippen LogP) is 0.604. The molecule has 0 saturated heterocycles. The van der Waals surface area contributed by atoms with E-state index in [1.807, 2.05) is 24.3 Å². The van der Waals surface area contributed by atoms with Crippen LogP contribution in [0.4, 0.5) is 0 Å². The van der Waals surface area contributed by atoms with Crippen LogP contribution in [-0.4, -0.2) is 16.5 Å². The van der Waals surface area contributed by atoms with Gasteiger partial charge in [0, 0.05) is 19.2 Å². The zero-order valence-electron chi connectivity index (χ0n) is 10.3. The van der Waals surface area contributed by atoms with Crippen molar-refractivity contribution in [2.45, 2.75) is 6.54 Å². The van der Waals surface area contributed by atoms with Crippen LogP contribution < -0.4 is 15.9 Å². The van der Waals surface area contributed by atoms with Crippen LogP contribution >= 0.6 is 0 Å². The molecule has 0 aliphatic heterocycles. The Morgan fingerprint density at radius 1 is 1.00 bits per heavy atom. The Hall–Kier alpha value is -2.30. The van der Waals surface area contributed by atoms with E-state index in [1.54, 1.807) is 14.2 Å². The second kappa shape index (κ2) is 4.91. The molecule has 0 saturated carbocycles. The summed E-state index contributed by atoms with van der Waals surface area (Å²) in [4.78, 5) is 23.2. The summed E-state index contributed by atoms with van der Waals surface area (Å²) in [5.41, 5.74) is 0.523. The first-order valence-corrected chi connectivity index (χ1v) is 5.52. The summed E-state index contributed by atoms with van der Waals surface area (Å²) < 4.78 is 7.77. The second-order valence-corrected chi connectivity index (χ2v) is 3.94. The fourth-order valence-electron chi connectivity index (χ4n) is 1.69. The molecule has 5 nitrogen and oxygen atoms in total. The van der Waals surface area contributed by atoms with Crippen LogP contribution in [0.1, 0.15) is 5.56 Å². The van der Waals surface area contributed by atoms with Gasteiger partial charge in [0.25, 0.3) is 11.1 Å². The van der Waals surface area contributed by atoms with Crippen molar-refractivity contribution in [3.8, 4) is 5.75 Å². The topological polar surface area (TPSA) is 53.2 Å². The molecule has 0 fully saturated rings. The average molecular weight is 246 g/mol. The Labute approximate surface area is 104 Å². The molecule has 94 valence electrons. The van der Waals surface area contributed by atoms with Crippen molar-refractivity contribution in [3.63, 3.8) is 0 Å². The van der Waals surface area contributed by atoms with E-state index in [4.69, 9.17) is 4.74 Å². The number of ether oxygens (including phenoxy) is 1. The molecule has 2 aromatic rings. The first-order valence-electron chi connectivity index (χ1n) is 5.52. The summed E-state index contributed by atoms with van der Waals surface area (Å²) in [6.45, 7) is 0.357. The third-order valence-corrected chi connectivity index (χ3v) is 2.80.